The van der Waals surface area contributed by atoms with E-state index < -0.39 is 18.3 Å². The molecule has 1 fully saturated rings. The van der Waals surface area contributed by atoms with E-state index in [2.05, 4.69) is 4.98 Å². The van der Waals surface area contributed by atoms with Crippen molar-refractivity contribution in [2.75, 3.05) is 5.75 Å². The Bertz CT molecular complexity index is 579. The van der Waals surface area contributed by atoms with Gasteiger partial charge in [-0.05, 0) is 39.2 Å². The summed E-state index contributed by atoms with van der Waals surface area (Å²) in [5.41, 5.74) is 0.103. The van der Waals surface area contributed by atoms with Crippen LogP contribution in [0.5, 0.6) is 0 Å². The van der Waals surface area contributed by atoms with Crippen molar-refractivity contribution in [2.45, 2.75) is 45.8 Å². The summed E-state index contributed by atoms with van der Waals surface area (Å²) in [6, 6.07) is 0. The smallest absolute Gasteiger partial charge is 0.400 e. The van der Waals surface area contributed by atoms with Gasteiger partial charge in [-0.1, -0.05) is 11.8 Å². The lowest BCUT2D eigenvalue weighted by atomic mass is 9.79. The summed E-state index contributed by atoms with van der Waals surface area (Å²) in [6.07, 6.45) is 5.57. The molecule has 0 N–H and O–H groups in total. The van der Waals surface area contributed by atoms with Gasteiger partial charge in [0.2, 0.25) is 0 Å². The maximum Gasteiger partial charge on any atom is 0.491 e. The van der Waals surface area contributed by atoms with Gasteiger partial charge in [0.15, 0.2) is 5.12 Å². The van der Waals surface area contributed by atoms with Crippen LogP contribution in [0.2, 0.25) is 0 Å². The van der Waals surface area contributed by atoms with Crippen molar-refractivity contribution in [1.82, 2.24) is 9.55 Å². The zero-order chi connectivity index (χ0) is 16.5. The number of carbonyl (C=O) groups is 1. The molecule has 2 rings (SSSR count). The Morgan fingerprint density at radius 3 is 2.41 bits per heavy atom. The van der Waals surface area contributed by atoms with E-state index in [4.69, 9.17) is 9.31 Å². The fraction of sp³-hybridized carbons (Fsp3) is 0.600. The first-order valence-corrected chi connectivity index (χ1v) is 8.28. The lowest BCUT2D eigenvalue weighted by Crippen LogP contribution is -2.41. The van der Waals surface area contributed by atoms with E-state index in [0.29, 0.717) is 5.75 Å². The molecule has 0 aromatic carbocycles. The molecule has 0 radical (unpaired) electrons. The maximum absolute atomic E-state index is 11.3. The predicted molar refractivity (Wildman–Crippen MR) is 90.4 cm³/mol. The molecule has 1 aliphatic heterocycles. The Balaban J connectivity index is 2.28. The standard InChI is InChI=1S/C15H23BN2O3S/c1-11(19)22-10-12(9-13-17-7-8-18(13)6)16-20-14(2,3)15(4,5)21-16/h7-9H,10H2,1-6H3. The van der Waals surface area contributed by atoms with Crippen molar-refractivity contribution in [2.24, 2.45) is 7.05 Å². The van der Waals surface area contributed by atoms with E-state index in [1.807, 2.05) is 51.6 Å². The number of aryl methyl sites for hydroxylation is 1. The molecule has 1 aromatic heterocycles. The predicted octanol–water partition coefficient (Wildman–Crippen LogP) is 2.71. The summed E-state index contributed by atoms with van der Waals surface area (Å²) >= 11 is 1.25. The van der Waals surface area contributed by atoms with Crippen molar-refractivity contribution in [3.05, 3.63) is 23.7 Å². The van der Waals surface area contributed by atoms with Gasteiger partial charge in [0.25, 0.3) is 0 Å². The topological polar surface area (TPSA) is 53.4 Å². The number of nitrogens with zero attached hydrogens (tertiary/aromatic N) is 2. The SMILES string of the molecule is CC(=O)SCC(=Cc1nccn1C)B1OC(C)(C)C(C)(C)O1. The molecule has 1 aliphatic rings. The van der Waals surface area contributed by atoms with Crippen LogP contribution in [0.3, 0.4) is 0 Å². The minimum Gasteiger partial charge on any atom is -0.400 e. The molecule has 0 bridgehead atoms. The van der Waals surface area contributed by atoms with Crippen LogP contribution in [0.25, 0.3) is 6.08 Å². The third-order valence-corrected chi connectivity index (χ3v) is 5.06. The van der Waals surface area contributed by atoms with Crippen LogP contribution in [-0.4, -0.2) is 38.7 Å². The molecule has 22 heavy (non-hydrogen) atoms. The molecule has 0 aliphatic carbocycles. The van der Waals surface area contributed by atoms with Gasteiger partial charge in [0.05, 0.1) is 11.2 Å². The highest BCUT2D eigenvalue weighted by Crippen LogP contribution is 2.39. The summed E-state index contributed by atoms with van der Waals surface area (Å²) in [6.45, 7) is 9.63. The van der Waals surface area contributed by atoms with Crippen molar-refractivity contribution >= 4 is 30.1 Å². The number of imidazole rings is 1. The average molecular weight is 322 g/mol. The first kappa shape index (κ1) is 17.3. The number of aromatic nitrogens is 2. The van der Waals surface area contributed by atoms with E-state index in [9.17, 15) is 4.79 Å². The average Bonchev–Trinajstić information content (AvgIpc) is 2.86. The Labute approximate surface area is 136 Å². The summed E-state index contributed by atoms with van der Waals surface area (Å²) in [5.74, 6) is 1.34. The number of hydrogen-bond acceptors (Lipinski definition) is 5. The highest BCUT2D eigenvalue weighted by molar-refractivity contribution is 8.13. The third-order valence-electron chi connectivity index (χ3n) is 4.17. The minimum atomic E-state index is -0.464. The van der Waals surface area contributed by atoms with E-state index in [0.717, 1.165) is 11.3 Å². The van der Waals surface area contributed by atoms with Crippen molar-refractivity contribution < 1.29 is 14.1 Å². The largest absolute Gasteiger partial charge is 0.491 e. The third kappa shape index (κ3) is 3.64. The maximum atomic E-state index is 11.3. The summed E-state index contributed by atoms with van der Waals surface area (Å²) < 4.78 is 14.1. The van der Waals surface area contributed by atoms with Gasteiger partial charge in [0.1, 0.15) is 5.82 Å². The summed E-state index contributed by atoms with van der Waals surface area (Å²) in [5, 5.41) is 0.0715. The van der Waals surface area contributed by atoms with Crippen LogP contribution >= 0.6 is 11.8 Å². The van der Waals surface area contributed by atoms with Crippen LogP contribution in [0, 0.1) is 0 Å². The molecule has 120 valence electrons. The highest BCUT2D eigenvalue weighted by atomic mass is 32.2. The molecule has 2 heterocycles. The molecular weight excluding hydrogens is 299 g/mol. The minimum absolute atomic E-state index is 0.0715. The number of hydrogen-bond donors (Lipinski definition) is 0. The zero-order valence-corrected chi connectivity index (χ0v) is 14.9. The Hall–Kier alpha value is -1.05. The van der Waals surface area contributed by atoms with Crippen LogP contribution in [0.4, 0.5) is 0 Å². The van der Waals surface area contributed by atoms with Crippen LogP contribution < -0.4 is 0 Å². The molecule has 5 nitrogen and oxygen atoms in total. The molecule has 1 saturated heterocycles. The van der Waals surface area contributed by atoms with Gasteiger partial charge in [0, 0.05) is 32.1 Å². The monoisotopic (exact) mass is 322 g/mol. The van der Waals surface area contributed by atoms with Crippen molar-refractivity contribution in [3.8, 4) is 0 Å². The number of carbonyl (C=O) groups excluding carboxylic acids is 1. The molecule has 7 heteroatoms. The summed E-state index contributed by atoms with van der Waals surface area (Å²) in [4.78, 5) is 15.6. The van der Waals surface area contributed by atoms with Crippen LogP contribution in [0.15, 0.2) is 17.9 Å². The lowest BCUT2D eigenvalue weighted by Gasteiger charge is -2.32. The Kier molecular flexibility index (Phi) is 4.89. The molecule has 1 aromatic rings. The molecule has 0 spiro atoms. The van der Waals surface area contributed by atoms with E-state index in [1.54, 1.807) is 13.1 Å². The first-order valence-electron chi connectivity index (χ1n) is 7.29. The molecule has 0 unspecified atom stereocenters. The second kappa shape index (κ2) is 6.22. The quantitative estimate of drug-likeness (QED) is 0.798. The number of rotatable bonds is 4. The molecular formula is C15H23BN2O3S. The lowest BCUT2D eigenvalue weighted by molar-refractivity contribution is -0.109. The second-order valence-electron chi connectivity index (χ2n) is 6.48. The van der Waals surface area contributed by atoms with Gasteiger partial charge in [-0.3, -0.25) is 4.79 Å². The van der Waals surface area contributed by atoms with Crippen LogP contribution in [-0.2, 0) is 21.2 Å². The molecule has 0 atom stereocenters. The molecule has 0 amide bonds. The van der Waals surface area contributed by atoms with Gasteiger partial charge < -0.3 is 13.9 Å². The van der Waals surface area contributed by atoms with Gasteiger partial charge in [-0.15, -0.1) is 0 Å². The highest BCUT2D eigenvalue weighted by Gasteiger charge is 2.52. The van der Waals surface area contributed by atoms with Gasteiger partial charge in [-0.25, -0.2) is 4.98 Å². The summed E-state index contributed by atoms with van der Waals surface area (Å²) in [7, 11) is 1.47. The van der Waals surface area contributed by atoms with Crippen LogP contribution in [0.1, 0.15) is 40.4 Å². The fourth-order valence-electron chi connectivity index (χ4n) is 2.04. The van der Waals surface area contributed by atoms with Gasteiger partial charge in [-0.2, -0.15) is 0 Å². The second-order valence-corrected chi connectivity index (χ2v) is 7.64. The Morgan fingerprint density at radius 1 is 1.36 bits per heavy atom. The normalized spacial score (nSPS) is 20.5. The van der Waals surface area contributed by atoms with E-state index >= 15 is 0 Å². The van der Waals surface area contributed by atoms with E-state index in [-0.39, 0.29) is 5.12 Å². The number of thioether (sulfide) groups is 1. The zero-order valence-electron chi connectivity index (χ0n) is 14.0. The van der Waals surface area contributed by atoms with Crippen molar-refractivity contribution in [3.63, 3.8) is 0 Å². The van der Waals surface area contributed by atoms with E-state index in [1.165, 1.54) is 11.8 Å². The first-order chi connectivity index (χ1) is 10.1. The fourth-order valence-corrected chi connectivity index (χ4v) is 2.63. The van der Waals surface area contributed by atoms with Gasteiger partial charge >= 0.3 is 7.12 Å². The Morgan fingerprint density at radius 2 is 1.95 bits per heavy atom. The van der Waals surface area contributed by atoms with Crippen molar-refractivity contribution in [1.29, 1.82) is 0 Å². The molecule has 0 saturated carbocycles.